The highest BCUT2D eigenvalue weighted by Crippen LogP contribution is 2.44. The lowest BCUT2D eigenvalue weighted by Crippen LogP contribution is -2.37. The number of carboxylic acid groups (broad SMARTS) is 1. The lowest BCUT2D eigenvalue weighted by Gasteiger charge is -2.21. The third kappa shape index (κ3) is 2.17. The van der Waals surface area contributed by atoms with Crippen LogP contribution in [0.5, 0.6) is 0 Å². The lowest BCUT2D eigenvalue weighted by atomic mass is 9.89. The molecule has 3 rings (SSSR count). The summed E-state index contributed by atoms with van der Waals surface area (Å²) in [6.45, 7) is 3.84. The van der Waals surface area contributed by atoms with Crippen LogP contribution in [0, 0.1) is 5.92 Å². The second-order valence-corrected chi connectivity index (χ2v) is 7.91. The maximum atomic E-state index is 12.8. The van der Waals surface area contributed by atoms with Crippen LogP contribution in [0.15, 0.2) is 17.3 Å². The van der Waals surface area contributed by atoms with E-state index in [4.69, 9.17) is 0 Å². The fourth-order valence-electron chi connectivity index (χ4n) is 3.44. The maximum Gasteiger partial charge on any atom is 0.308 e. The van der Waals surface area contributed by atoms with Crippen LogP contribution in [-0.2, 0) is 14.8 Å². The van der Waals surface area contributed by atoms with Crippen LogP contribution in [0.4, 0.5) is 0 Å². The van der Waals surface area contributed by atoms with Gasteiger partial charge in [0.25, 0.3) is 0 Å². The predicted molar refractivity (Wildman–Crippen MR) is 74.2 cm³/mol. The number of nitrogens with zero attached hydrogens (tertiary/aromatic N) is 3. The van der Waals surface area contributed by atoms with Gasteiger partial charge in [-0.05, 0) is 33.1 Å². The molecular weight excluding hydrogens is 294 g/mol. The first-order valence-electron chi connectivity index (χ1n) is 7.13. The molecule has 3 heterocycles. The third-order valence-corrected chi connectivity index (χ3v) is 6.40. The van der Waals surface area contributed by atoms with Crippen LogP contribution in [0.2, 0.25) is 0 Å². The zero-order valence-electron chi connectivity index (χ0n) is 12.0. The summed E-state index contributed by atoms with van der Waals surface area (Å²) < 4.78 is 28.6. The summed E-state index contributed by atoms with van der Waals surface area (Å²) in [5.41, 5.74) is 0. The van der Waals surface area contributed by atoms with Crippen LogP contribution in [0.3, 0.4) is 0 Å². The molecule has 21 heavy (non-hydrogen) atoms. The molecule has 1 aromatic rings. The zero-order chi connectivity index (χ0) is 15.4. The van der Waals surface area contributed by atoms with Crippen LogP contribution in [-0.4, -0.2) is 45.7 Å². The average Bonchev–Trinajstić information content (AvgIpc) is 3.12. The molecule has 0 radical (unpaired) electrons. The Morgan fingerprint density at radius 2 is 2.14 bits per heavy atom. The lowest BCUT2D eigenvalue weighted by molar-refractivity contribution is -0.142. The number of carbonyl (C=O) groups is 1. The summed E-state index contributed by atoms with van der Waals surface area (Å²) in [5, 5.41) is 13.3. The quantitative estimate of drug-likeness (QED) is 0.898. The molecule has 1 N–H and O–H groups in total. The van der Waals surface area contributed by atoms with Crippen molar-refractivity contribution in [2.45, 2.75) is 56.1 Å². The summed E-state index contributed by atoms with van der Waals surface area (Å²) >= 11 is 0. The van der Waals surface area contributed by atoms with Gasteiger partial charge >= 0.3 is 5.97 Å². The average molecular weight is 313 g/mol. The van der Waals surface area contributed by atoms with E-state index >= 15 is 0 Å². The van der Waals surface area contributed by atoms with Gasteiger partial charge in [0.15, 0.2) is 0 Å². The van der Waals surface area contributed by atoms with Crippen molar-refractivity contribution in [3.8, 4) is 0 Å². The summed E-state index contributed by atoms with van der Waals surface area (Å²) in [7, 11) is -3.67. The van der Waals surface area contributed by atoms with Gasteiger partial charge in [0, 0.05) is 24.3 Å². The topological polar surface area (TPSA) is 92.5 Å². The second kappa shape index (κ2) is 4.81. The molecule has 7 nitrogen and oxygen atoms in total. The molecule has 2 fully saturated rings. The highest BCUT2D eigenvalue weighted by Gasteiger charge is 2.54. The molecule has 8 heteroatoms. The van der Waals surface area contributed by atoms with E-state index in [2.05, 4.69) is 5.10 Å². The molecular formula is C13H19N3O4S. The SMILES string of the molecule is CC(C)n1cc(S(=O)(=O)N2C3CCC2C(C(=O)O)C3)cn1. The van der Waals surface area contributed by atoms with Crippen molar-refractivity contribution in [3.05, 3.63) is 12.4 Å². The molecule has 0 aromatic carbocycles. The summed E-state index contributed by atoms with van der Waals surface area (Å²) in [5.74, 6) is -1.49. The summed E-state index contributed by atoms with van der Waals surface area (Å²) in [6, 6.07) is -0.528. The minimum atomic E-state index is -3.67. The highest BCUT2D eigenvalue weighted by molar-refractivity contribution is 7.89. The maximum absolute atomic E-state index is 12.8. The van der Waals surface area contributed by atoms with Crippen molar-refractivity contribution in [2.75, 3.05) is 0 Å². The monoisotopic (exact) mass is 313 g/mol. The van der Waals surface area contributed by atoms with E-state index in [1.54, 1.807) is 4.68 Å². The van der Waals surface area contributed by atoms with Gasteiger partial charge in [-0.2, -0.15) is 9.40 Å². The van der Waals surface area contributed by atoms with Crippen LogP contribution in [0.25, 0.3) is 0 Å². The summed E-state index contributed by atoms with van der Waals surface area (Å²) in [6.07, 6.45) is 4.65. The molecule has 0 saturated carbocycles. The Kier molecular flexibility index (Phi) is 3.32. The van der Waals surface area contributed by atoms with Crippen molar-refractivity contribution in [3.63, 3.8) is 0 Å². The third-order valence-electron chi connectivity index (χ3n) is 4.47. The largest absolute Gasteiger partial charge is 0.481 e. The number of aliphatic carboxylic acids is 1. The summed E-state index contributed by atoms with van der Waals surface area (Å²) in [4.78, 5) is 11.4. The van der Waals surface area contributed by atoms with Gasteiger partial charge in [-0.25, -0.2) is 8.42 Å². The number of hydrogen-bond donors (Lipinski definition) is 1. The van der Waals surface area contributed by atoms with Crippen molar-refractivity contribution in [1.82, 2.24) is 14.1 Å². The molecule has 0 amide bonds. The Hall–Kier alpha value is -1.41. The van der Waals surface area contributed by atoms with Crippen molar-refractivity contribution >= 4 is 16.0 Å². The molecule has 3 atom stereocenters. The molecule has 2 saturated heterocycles. The van der Waals surface area contributed by atoms with Gasteiger partial charge in [0.2, 0.25) is 10.0 Å². The Morgan fingerprint density at radius 1 is 1.43 bits per heavy atom. The van der Waals surface area contributed by atoms with Gasteiger partial charge in [-0.15, -0.1) is 0 Å². The first kappa shape index (κ1) is 14.5. The zero-order valence-corrected chi connectivity index (χ0v) is 12.8. The van der Waals surface area contributed by atoms with E-state index in [-0.39, 0.29) is 17.0 Å². The second-order valence-electron chi connectivity index (χ2n) is 6.06. The minimum Gasteiger partial charge on any atom is -0.481 e. The molecule has 2 aliphatic rings. The Bertz CT molecular complexity index is 667. The molecule has 2 aliphatic heterocycles. The van der Waals surface area contributed by atoms with Crippen LogP contribution < -0.4 is 0 Å². The first-order valence-corrected chi connectivity index (χ1v) is 8.57. The van der Waals surface area contributed by atoms with E-state index < -0.39 is 28.0 Å². The van der Waals surface area contributed by atoms with Crippen LogP contribution >= 0.6 is 0 Å². The van der Waals surface area contributed by atoms with Crippen molar-refractivity contribution in [1.29, 1.82) is 0 Å². The molecule has 0 spiro atoms. The molecule has 1 aromatic heterocycles. The number of carboxylic acids is 1. The first-order chi connectivity index (χ1) is 9.82. The van der Waals surface area contributed by atoms with E-state index in [0.717, 1.165) is 6.42 Å². The molecule has 2 bridgehead atoms. The van der Waals surface area contributed by atoms with Gasteiger partial charge in [-0.3, -0.25) is 9.48 Å². The fraction of sp³-hybridized carbons (Fsp3) is 0.692. The van der Waals surface area contributed by atoms with Gasteiger partial charge in [0.05, 0.1) is 12.1 Å². The van der Waals surface area contributed by atoms with Crippen LogP contribution in [0.1, 0.15) is 39.2 Å². The number of sulfonamides is 1. The molecule has 116 valence electrons. The minimum absolute atomic E-state index is 0.0796. The predicted octanol–water partition coefficient (Wildman–Crippen LogP) is 1.09. The van der Waals surface area contributed by atoms with Gasteiger partial charge in [0.1, 0.15) is 4.90 Å². The Morgan fingerprint density at radius 3 is 2.67 bits per heavy atom. The Labute approximate surface area is 123 Å². The molecule has 3 unspecified atom stereocenters. The normalized spacial score (nSPS) is 29.4. The van der Waals surface area contributed by atoms with E-state index in [9.17, 15) is 18.3 Å². The van der Waals surface area contributed by atoms with Crippen molar-refractivity contribution in [2.24, 2.45) is 5.92 Å². The Balaban J connectivity index is 1.94. The van der Waals surface area contributed by atoms with E-state index in [1.165, 1.54) is 16.7 Å². The number of aromatic nitrogens is 2. The van der Waals surface area contributed by atoms with Crippen molar-refractivity contribution < 1.29 is 18.3 Å². The highest BCUT2D eigenvalue weighted by atomic mass is 32.2. The molecule has 0 aliphatic carbocycles. The van der Waals surface area contributed by atoms with Gasteiger partial charge in [-0.1, -0.05) is 0 Å². The van der Waals surface area contributed by atoms with Gasteiger partial charge < -0.3 is 5.11 Å². The number of hydrogen-bond acceptors (Lipinski definition) is 4. The van der Waals surface area contributed by atoms with E-state index in [0.29, 0.717) is 12.8 Å². The van der Waals surface area contributed by atoms with E-state index in [1.807, 2.05) is 13.8 Å². The number of fused-ring (bicyclic) bond motifs is 2. The fourth-order valence-corrected chi connectivity index (χ4v) is 5.29. The number of rotatable bonds is 4. The standard InChI is InChI=1S/C13H19N3O4S/c1-8(2)15-7-10(6-14-15)21(19,20)16-9-3-4-12(16)11(5-9)13(17)18/h6-9,11-12H,3-5H2,1-2H3,(H,17,18). The smallest absolute Gasteiger partial charge is 0.308 e.